The number of aromatic carboxylic acids is 1. The van der Waals surface area contributed by atoms with Crippen LogP contribution in [0.4, 0.5) is 5.69 Å². The van der Waals surface area contributed by atoms with Gasteiger partial charge in [0.2, 0.25) is 0 Å². The number of rotatable bonds is 3. The zero-order valence-electron chi connectivity index (χ0n) is 7.25. The lowest BCUT2D eigenvalue weighted by molar-refractivity contribution is 0.0697. The molecule has 15 heavy (non-hydrogen) atoms. The van der Waals surface area contributed by atoms with Crippen molar-refractivity contribution in [1.29, 1.82) is 0 Å². The van der Waals surface area contributed by atoms with Crippen LogP contribution in [0.2, 0.25) is 0 Å². The molecule has 0 aliphatic heterocycles. The molecule has 0 spiro atoms. The van der Waals surface area contributed by atoms with Crippen molar-refractivity contribution in [2.24, 2.45) is 0 Å². The Labute approximate surface area is 85.0 Å². The Balaban J connectivity index is 3.22. The van der Waals surface area contributed by atoms with Gasteiger partial charge in [0.05, 0.1) is 11.3 Å². The molecular formula is C7H7NO6S. The largest absolute Gasteiger partial charge is 0.478 e. The summed E-state index contributed by atoms with van der Waals surface area (Å²) >= 11 is 0. The second-order valence-corrected chi connectivity index (χ2v) is 3.56. The Morgan fingerprint density at radius 1 is 1.40 bits per heavy atom. The fourth-order valence-corrected chi connectivity index (χ4v) is 1.29. The van der Waals surface area contributed by atoms with Crippen molar-refractivity contribution in [3.8, 4) is 5.75 Å². The highest BCUT2D eigenvalue weighted by Gasteiger charge is 2.15. The first-order valence-electron chi connectivity index (χ1n) is 3.60. The van der Waals surface area contributed by atoms with Crippen molar-refractivity contribution in [1.82, 2.24) is 0 Å². The van der Waals surface area contributed by atoms with E-state index >= 15 is 0 Å². The van der Waals surface area contributed by atoms with E-state index in [2.05, 4.69) is 4.18 Å². The van der Waals surface area contributed by atoms with Gasteiger partial charge in [0.25, 0.3) is 0 Å². The zero-order chi connectivity index (χ0) is 11.6. The minimum atomic E-state index is -4.72. The second-order valence-electron chi connectivity index (χ2n) is 2.53. The molecule has 0 heterocycles. The minimum Gasteiger partial charge on any atom is -0.478 e. The summed E-state index contributed by atoms with van der Waals surface area (Å²) in [6.07, 6.45) is 0. The number of carboxylic acid groups (broad SMARTS) is 1. The Bertz CT molecular complexity index is 494. The third kappa shape index (κ3) is 2.82. The third-order valence-corrected chi connectivity index (χ3v) is 1.88. The second kappa shape index (κ2) is 3.75. The molecule has 0 aromatic heterocycles. The molecule has 0 aliphatic rings. The van der Waals surface area contributed by atoms with E-state index in [9.17, 15) is 13.2 Å². The SMILES string of the molecule is Nc1c(OS(=O)(=O)O)cccc1C(=O)O. The normalized spacial score (nSPS) is 11.0. The molecule has 0 unspecified atom stereocenters. The molecule has 8 heteroatoms. The van der Waals surface area contributed by atoms with Gasteiger partial charge in [0, 0.05) is 0 Å². The Morgan fingerprint density at radius 3 is 2.47 bits per heavy atom. The highest BCUT2D eigenvalue weighted by atomic mass is 32.3. The lowest BCUT2D eigenvalue weighted by Crippen LogP contribution is -2.10. The van der Waals surface area contributed by atoms with Gasteiger partial charge >= 0.3 is 16.4 Å². The first kappa shape index (κ1) is 11.3. The van der Waals surface area contributed by atoms with Crippen molar-refractivity contribution in [2.45, 2.75) is 0 Å². The lowest BCUT2D eigenvalue weighted by Gasteiger charge is -2.06. The number of para-hydroxylation sites is 1. The van der Waals surface area contributed by atoms with E-state index in [1.807, 2.05) is 0 Å². The van der Waals surface area contributed by atoms with Crippen molar-refractivity contribution in [3.63, 3.8) is 0 Å². The maximum absolute atomic E-state index is 10.6. The number of carbonyl (C=O) groups is 1. The molecule has 1 aromatic rings. The molecule has 0 radical (unpaired) electrons. The van der Waals surface area contributed by atoms with Gasteiger partial charge in [-0.3, -0.25) is 4.55 Å². The predicted molar refractivity (Wildman–Crippen MR) is 50.0 cm³/mol. The molecule has 0 amide bonds. The summed E-state index contributed by atoms with van der Waals surface area (Å²) in [4.78, 5) is 10.6. The van der Waals surface area contributed by atoms with Crippen LogP contribution in [0.15, 0.2) is 18.2 Å². The fourth-order valence-electron chi connectivity index (χ4n) is 0.917. The van der Waals surface area contributed by atoms with Crippen LogP contribution in [0.25, 0.3) is 0 Å². The summed E-state index contributed by atoms with van der Waals surface area (Å²) in [5, 5.41) is 8.64. The quantitative estimate of drug-likeness (QED) is 0.500. The van der Waals surface area contributed by atoms with Gasteiger partial charge in [0.1, 0.15) is 0 Å². The van der Waals surface area contributed by atoms with Gasteiger partial charge < -0.3 is 15.0 Å². The van der Waals surface area contributed by atoms with E-state index in [0.29, 0.717) is 0 Å². The van der Waals surface area contributed by atoms with Gasteiger partial charge in [-0.05, 0) is 12.1 Å². The maximum Gasteiger partial charge on any atom is 0.446 e. The van der Waals surface area contributed by atoms with E-state index in [1.54, 1.807) is 0 Å². The molecule has 0 aliphatic carbocycles. The number of carboxylic acids is 1. The predicted octanol–water partition coefficient (Wildman–Crippen LogP) is 0.149. The Morgan fingerprint density at radius 2 is 2.00 bits per heavy atom. The number of hydrogen-bond acceptors (Lipinski definition) is 5. The third-order valence-electron chi connectivity index (χ3n) is 1.49. The average Bonchev–Trinajstić information content (AvgIpc) is 2.05. The fraction of sp³-hybridized carbons (Fsp3) is 0. The summed E-state index contributed by atoms with van der Waals surface area (Å²) in [7, 11) is -4.72. The van der Waals surface area contributed by atoms with Gasteiger partial charge in [-0.1, -0.05) is 6.07 Å². The van der Waals surface area contributed by atoms with Crippen LogP contribution in [0.1, 0.15) is 10.4 Å². The van der Waals surface area contributed by atoms with Gasteiger partial charge in [-0.25, -0.2) is 4.79 Å². The minimum absolute atomic E-state index is 0.309. The smallest absolute Gasteiger partial charge is 0.446 e. The first-order chi connectivity index (χ1) is 6.81. The molecule has 82 valence electrons. The molecule has 1 aromatic carbocycles. The molecule has 1 rings (SSSR count). The van der Waals surface area contributed by atoms with Crippen LogP contribution < -0.4 is 9.92 Å². The van der Waals surface area contributed by atoms with Crippen LogP contribution >= 0.6 is 0 Å². The number of anilines is 1. The van der Waals surface area contributed by atoms with Gasteiger partial charge in [-0.15, -0.1) is 0 Å². The molecular weight excluding hydrogens is 226 g/mol. The van der Waals surface area contributed by atoms with Crippen molar-refractivity contribution >= 4 is 22.1 Å². The Kier molecular flexibility index (Phi) is 2.82. The van der Waals surface area contributed by atoms with Crippen LogP contribution in [-0.4, -0.2) is 24.0 Å². The van der Waals surface area contributed by atoms with E-state index in [0.717, 1.165) is 6.07 Å². The van der Waals surface area contributed by atoms with Gasteiger partial charge in [-0.2, -0.15) is 8.42 Å². The number of hydrogen-bond donors (Lipinski definition) is 3. The summed E-state index contributed by atoms with van der Waals surface area (Å²) in [6, 6.07) is 3.53. The van der Waals surface area contributed by atoms with Crippen molar-refractivity contribution < 1.29 is 27.1 Å². The van der Waals surface area contributed by atoms with Gasteiger partial charge in [0.15, 0.2) is 5.75 Å². The van der Waals surface area contributed by atoms with Crippen LogP contribution in [0.5, 0.6) is 5.75 Å². The van der Waals surface area contributed by atoms with E-state index in [-0.39, 0.29) is 11.3 Å². The summed E-state index contributed by atoms with van der Waals surface area (Å²) < 4.78 is 33.2. The molecule has 0 fully saturated rings. The van der Waals surface area contributed by atoms with Crippen LogP contribution in [-0.2, 0) is 10.4 Å². The molecule has 0 bridgehead atoms. The highest BCUT2D eigenvalue weighted by Crippen LogP contribution is 2.26. The zero-order valence-corrected chi connectivity index (χ0v) is 8.06. The van der Waals surface area contributed by atoms with Crippen LogP contribution in [0, 0.1) is 0 Å². The standard InChI is InChI=1S/C7H7NO6S/c8-6-4(7(9)10)2-1-3-5(6)14-15(11,12)13/h1-3H,8H2,(H,9,10)(H,11,12,13). The summed E-state index contributed by atoms with van der Waals surface area (Å²) in [5.74, 6) is -1.76. The first-order valence-corrected chi connectivity index (χ1v) is 4.96. The lowest BCUT2D eigenvalue weighted by atomic mass is 10.2. The summed E-state index contributed by atoms with van der Waals surface area (Å²) in [5.41, 5.74) is 4.63. The maximum atomic E-state index is 10.6. The molecule has 7 nitrogen and oxygen atoms in total. The molecule has 0 saturated heterocycles. The topological polar surface area (TPSA) is 127 Å². The van der Waals surface area contributed by atoms with E-state index < -0.39 is 22.1 Å². The highest BCUT2D eigenvalue weighted by molar-refractivity contribution is 7.81. The monoisotopic (exact) mass is 233 g/mol. The number of nitrogens with two attached hydrogens (primary N) is 1. The Hall–Kier alpha value is -1.80. The van der Waals surface area contributed by atoms with Crippen molar-refractivity contribution in [2.75, 3.05) is 5.73 Å². The molecule has 4 N–H and O–H groups in total. The number of benzene rings is 1. The van der Waals surface area contributed by atoms with Crippen LogP contribution in [0.3, 0.4) is 0 Å². The number of nitrogen functional groups attached to an aromatic ring is 1. The van der Waals surface area contributed by atoms with E-state index in [1.165, 1.54) is 12.1 Å². The van der Waals surface area contributed by atoms with Crippen molar-refractivity contribution in [3.05, 3.63) is 23.8 Å². The molecule has 0 atom stereocenters. The average molecular weight is 233 g/mol. The summed E-state index contributed by atoms with van der Waals surface area (Å²) in [6.45, 7) is 0. The molecule has 0 saturated carbocycles. The van der Waals surface area contributed by atoms with E-state index in [4.69, 9.17) is 15.4 Å².